The molecule has 3 aromatic rings. The molecule has 1 heterocycles. The molecule has 0 saturated heterocycles. The highest BCUT2D eigenvalue weighted by Crippen LogP contribution is 2.23. The summed E-state index contributed by atoms with van der Waals surface area (Å²) < 4.78 is 5.69. The van der Waals surface area contributed by atoms with Gasteiger partial charge in [-0.2, -0.15) is 0 Å². The summed E-state index contributed by atoms with van der Waals surface area (Å²) in [5.74, 6) is 1.51. The summed E-state index contributed by atoms with van der Waals surface area (Å²) in [7, 11) is 0. The van der Waals surface area contributed by atoms with E-state index in [9.17, 15) is 0 Å². The molecule has 0 spiro atoms. The van der Waals surface area contributed by atoms with E-state index in [2.05, 4.69) is 47.5 Å². The number of rotatable bonds is 5. The molecular formula is C17H16N2OS. The molecule has 3 rings (SSSR count). The molecule has 0 amide bonds. The maximum absolute atomic E-state index is 5.69. The lowest BCUT2D eigenvalue weighted by atomic mass is 10.1. The average Bonchev–Trinajstić information content (AvgIpc) is 2.95. The second-order valence-electron chi connectivity index (χ2n) is 4.84. The maximum atomic E-state index is 5.69. The first-order chi connectivity index (χ1) is 10.3. The molecule has 3 nitrogen and oxygen atoms in total. The fourth-order valence-corrected chi connectivity index (χ4v) is 2.91. The van der Waals surface area contributed by atoms with E-state index >= 15 is 0 Å². The molecule has 21 heavy (non-hydrogen) atoms. The van der Waals surface area contributed by atoms with Gasteiger partial charge in [-0.15, -0.1) is 10.2 Å². The van der Waals surface area contributed by atoms with Crippen LogP contribution in [0.25, 0.3) is 0 Å². The number of benzene rings is 2. The van der Waals surface area contributed by atoms with Gasteiger partial charge in [0.25, 0.3) is 5.22 Å². The monoisotopic (exact) mass is 296 g/mol. The molecule has 0 saturated carbocycles. The summed E-state index contributed by atoms with van der Waals surface area (Å²) in [4.78, 5) is 0. The lowest BCUT2D eigenvalue weighted by Crippen LogP contribution is -1.87. The van der Waals surface area contributed by atoms with E-state index in [4.69, 9.17) is 4.42 Å². The van der Waals surface area contributed by atoms with E-state index in [1.165, 1.54) is 16.7 Å². The van der Waals surface area contributed by atoms with E-state index in [-0.39, 0.29) is 0 Å². The first kappa shape index (κ1) is 13.9. The van der Waals surface area contributed by atoms with Crippen molar-refractivity contribution in [3.8, 4) is 0 Å². The zero-order valence-electron chi connectivity index (χ0n) is 11.8. The molecule has 0 aliphatic rings. The van der Waals surface area contributed by atoms with Gasteiger partial charge in [-0.05, 0) is 23.6 Å². The summed E-state index contributed by atoms with van der Waals surface area (Å²) in [6, 6.07) is 18.5. The Morgan fingerprint density at radius 2 is 1.71 bits per heavy atom. The second kappa shape index (κ2) is 6.59. The molecule has 0 unspecified atom stereocenters. The molecule has 0 N–H and O–H groups in total. The third-order valence-corrected chi connectivity index (χ3v) is 4.13. The van der Waals surface area contributed by atoms with Gasteiger partial charge in [-0.3, -0.25) is 0 Å². The van der Waals surface area contributed by atoms with E-state index in [0.717, 1.165) is 5.75 Å². The number of thioether (sulfide) groups is 1. The van der Waals surface area contributed by atoms with Crippen LogP contribution in [0.15, 0.2) is 64.2 Å². The number of hydrogen-bond donors (Lipinski definition) is 0. The zero-order chi connectivity index (χ0) is 14.5. The molecule has 4 heteroatoms. The highest BCUT2D eigenvalue weighted by Gasteiger charge is 2.08. The Kier molecular flexibility index (Phi) is 4.36. The van der Waals surface area contributed by atoms with Gasteiger partial charge in [0.1, 0.15) is 0 Å². The number of hydrogen-bond acceptors (Lipinski definition) is 4. The molecular weight excluding hydrogens is 280 g/mol. The van der Waals surface area contributed by atoms with Gasteiger partial charge in [0, 0.05) is 5.75 Å². The molecule has 2 aromatic carbocycles. The summed E-state index contributed by atoms with van der Waals surface area (Å²) in [5, 5.41) is 8.84. The summed E-state index contributed by atoms with van der Waals surface area (Å²) >= 11 is 1.58. The molecule has 0 fully saturated rings. The molecule has 0 aliphatic carbocycles. The van der Waals surface area contributed by atoms with E-state index in [0.29, 0.717) is 17.5 Å². The molecule has 106 valence electrons. The van der Waals surface area contributed by atoms with Gasteiger partial charge < -0.3 is 4.42 Å². The topological polar surface area (TPSA) is 38.9 Å². The molecule has 0 radical (unpaired) electrons. The van der Waals surface area contributed by atoms with Crippen LogP contribution in [0.2, 0.25) is 0 Å². The van der Waals surface area contributed by atoms with Crippen molar-refractivity contribution in [3.05, 3.63) is 77.2 Å². The standard InChI is InChI=1S/C17H16N2OS/c1-13-7-5-6-10-15(13)12-21-17-19-18-16(20-17)11-14-8-3-2-4-9-14/h2-10H,11-12H2,1H3. The van der Waals surface area contributed by atoms with Crippen LogP contribution in [0, 0.1) is 6.92 Å². The Balaban J connectivity index is 1.62. The Morgan fingerprint density at radius 1 is 0.952 bits per heavy atom. The molecule has 0 bridgehead atoms. The van der Waals surface area contributed by atoms with Crippen LogP contribution < -0.4 is 0 Å². The van der Waals surface area contributed by atoms with Crippen molar-refractivity contribution in [1.82, 2.24) is 10.2 Å². The van der Waals surface area contributed by atoms with Crippen molar-refractivity contribution in [2.45, 2.75) is 24.3 Å². The van der Waals surface area contributed by atoms with Gasteiger partial charge >= 0.3 is 0 Å². The Morgan fingerprint density at radius 3 is 2.52 bits per heavy atom. The maximum Gasteiger partial charge on any atom is 0.276 e. The predicted octanol–water partition coefficient (Wildman–Crippen LogP) is 4.26. The Bertz CT molecular complexity index is 710. The van der Waals surface area contributed by atoms with E-state index in [1.807, 2.05) is 24.3 Å². The minimum Gasteiger partial charge on any atom is -0.416 e. The molecule has 0 aliphatic heterocycles. The summed E-state index contributed by atoms with van der Waals surface area (Å²) in [5.41, 5.74) is 3.76. The third-order valence-electron chi connectivity index (χ3n) is 3.26. The van der Waals surface area contributed by atoms with Gasteiger partial charge in [0.15, 0.2) is 0 Å². The predicted molar refractivity (Wildman–Crippen MR) is 84.3 cm³/mol. The summed E-state index contributed by atoms with van der Waals surface area (Å²) in [6.07, 6.45) is 0.679. The largest absolute Gasteiger partial charge is 0.416 e. The van der Waals surface area contributed by atoms with E-state index in [1.54, 1.807) is 11.8 Å². The van der Waals surface area contributed by atoms with Gasteiger partial charge in [0.2, 0.25) is 5.89 Å². The number of aryl methyl sites for hydroxylation is 1. The van der Waals surface area contributed by atoms with Crippen molar-refractivity contribution in [1.29, 1.82) is 0 Å². The first-order valence-corrected chi connectivity index (χ1v) is 7.83. The fraction of sp³-hybridized carbons (Fsp3) is 0.176. The highest BCUT2D eigenvalue weighted by molar-refractivity contribution is 7.98. The Hall–Kier alpha value is -2.07. The molecule has 0 atom stereocenters. The van der Waals surface area contributed by atoms with Crippen LogP contribution in [0.5, 0.6) is 0 Å². The van der Waals surface area contributed by atoms with Crippen LogP contribution >= 0.6 is 11.8 Å². The third kappa shape index (κ3) is 3.73. The van der Waals surface area contributed by atoms with Crippen molar-refractivity contribution >= 4 is 11.8 Å². The lowest BCUT2D eigenvalue weighted by molar-refractivity contribution is 0.420. The van der Waals surface area contributed by atoms with Crippen molar-refractivity contribution in [3.63, 3.8) is 0 Å². The summed E-state index contributed by atoms with van der Waals surface area (Å²) in [6.45, 7) is 2.12. The minimum atomic E-state index is 0.629. The van der Waals surface area contributed by atoms with Crippen LogP contribution in [-0.2, 0) is 12.2 Å². The first-order valence-electron chi connectivity index (χ1n) is 6.85. The van der Waals surface area contributed by atoms with Gasteiger partial charge in [-0.25, -0.2) is 0 Å². The zero-order valence-corrected chi connectivity index (χ0v) is 12.6. The van der Waals surface area contributed by atoms with E-state index < -0.39 is 0 Å². The average molecular weight is 296 g/mol. The molecule has 1 aromatic heterocycles. The Labute approximate surface area is 128 Å². The van der Waals surface area contributed by atoms with Crippen LogP contribution in [0.4, 0.5) is 0 Å². The van der Waals surface area contributed by atoms with Crippen molar-refractivity contribution in [2.75, 3.05) is 0 Å². The van der Waals surface area contributed by atoms with Gasteiger partial charge in [-0.1, -0.05) is 66.4 Å². The number of aromatic nitrogens is 2. The van der Waals surface area contributed by atoms with Gasteiger partial charge in [0.05, 0.1) is 6.42 Å². The quantitative estimate of drug-likeness (QED) is 0.659. The second-order valence-corrected chi connectivity index (χ2v) is 5.77. The number of nitrogens with zero attached hydrogens (tertiary/aromatic N) is 2. The normalized spacial score (nSPS) is 10.7. The highest BCUT2D eigenvalue weighted by atomic mass is 32.2. The smallest absolute Gasteiger partial charge is 0.276 e. The fourth-order valence-electron chi connectivity index (χ4n) is 2.05. The van der Waals surface area contributed by atoms with Crippen LogP contribution in [-0.4, -0.2) is 10.2 Å². The van der Waals surface area contributed by atoms with Crippen LogP contribution in [0.1, 0.15) is 22.6 Å². The van der Waals surface area contributed by atoms with Crippen LogP contribution in [0.3, 0.4) is 0 Å². The lowest BCUT2D eigenvalue weighted by Gasteiger charge is -2.02. The van der Waals surface area contributed by atoms with Crippen molar-refractivity contribution < 1.29 is 4.42 Å². The van der Waals surface area contributed by atoms with Crippen molar-refractivity contribution in [2.24, 2.45) is 0 Å². The minimum absolute atomic E-state index is 0.629. The SMILES string of the molecule is Cc1ccccc1CSc1nnc(Cc2ccccc2)o1.